The number of benzene rings is 2. The van der Waals surface area contributed by atoms with Gasteiger partial charge in [0.25, 0.3) is 0 Å². The number of amides is 1. The number of morpholine rings is 1. The normalized spacial score (nSPS) is 13.9. The highest BCUT2D eigenvalue weighted by molar-refractivity contribution is 7.89. The van der Waals surface area contributed by atoms with E-state index in [9.17, 15) is 13.2 Å². The third-order valence-electron chi connectivity index (χ3n) is 5.28. The van der Waals surface area contributed by atoms with Crippen LogP contribution in [-0.2, 0) is 26.0 Å². The molecule has 1 fully saturated rings. The largest absolute Gasteiger partial charge is 0.378 e. The zero-order chi connectivity index (χ0) is 23.7. The van der Waals surface area contributed by atoms with Gasteiger partial charge in [0.05, 0.1) is 18.1 Å². The number of ether oxygens (including phenoxy) is 1. The summed E-state index contributed by atoms with van der Waals surface area (Å²) in [4.78, 5) is 16.5. The molecule has 2 heterocycles. The molecule has 0 unspecified atom stereocenters. The first-order valence-corrected chi connectivity index (χ1v) is 12.3. The fourth-order valence-corrected chi connectivity index (χ4v) is 4.61. The van der Waals surface area contributed by atoms with Crippen molar-refractivity contribution >= 4 is 32.5 Å². The molecule has 4 rings (SSSR count). The summed E-state index contributed by atoms with van der Waals surface area (Å²) >= 11 is 0. The number of hydrogen-bond acceptors (Lipinski definition) is 6. The lowest BCUT2D eigenvalue weighted by Crippen LogP contribution is -2.36. The molecule has 0 bridgehead atoms. The van der Waals surface area contributed by atoms with E-state index in [0.29, 0.717) is 24.3 Å². The van der Waals surface area contributed by atoms with Crippen LogP contribution in [0.4, 0.5) is 5.69 Å². The number of nitrogens with zero attached hydrogens (tertiary/aromatic N) is 1. The van der Waals surface area contributed by atoms with Crippen molar-refractivity contribution in [3.05, 3.63) is 60.3 Å². The number of para-hydroxylation sites is 1. The van der Waals surface area contributed by atoms with E-state index in [2.05, 4.69) is 14.6 Å². The number of hydrogen-bond donors (Lipinski definition) is 4. The van der Waals surface area contributed by atoms with Crippen LogP contribution in [0.3, 0.4) is 0 Å². The summed E-state index contributed by atoms with van der Waals surface area (Å²) in [5.74, 6) is -0.361. The molecule has 1 aliphatic rings. The fourth-order valence-electron chi connectivity index (χ4n) is 3.57. The minimum absolute atomic E-state index is 0.290. The van der Waals surface area contributed by atoms with Gasteiger partial charge in [0, 0.05) is 48.8 Å². The number of anilines is 1. The summed E-state index contributed by atoms with van der Waals surface area (Å²) in [6.45, 7) is 5.29. The van der Waals surface area contributed by atoms with Crippen LogP contribution in [0.15, 0.2) is 59.6 Å². The monoisotopic (exact) mass is 474 g/mol. The quantitative estimate of drug-likeness (QED) is 0.308. The van der Waals surface area contributed by atoms with E-state index >= 15 is 0 Å². The first-order chi connectivity index (χ1) is 15.9. The van der Waals surface area contributed by atoms with Gasteiger partial charge in [-0.1, -0.05) is 25.1 Å². The van der Waals surface area contributed by atoms with Crippen molar-refractivity contribution in [2.75, 3.05) is 37.7 Å². The third-order valence-corrected chi connectivity index (χ3v) is 6.84. The molecule has 33 heavy (non-hydrogen) atoms. The van der Waals surface area contributed by atoms with Crippen LogP contribution in [0.25, 0.3) is 10.9 Å². The molecule has 9 nitrogen and oxygen atoms in total. The minimum atomic E-state index is -3.35. The van der Waals surface area contributed by atoms with Crippen LogP contribution in [0.5, 0.6) is 0 Å². The van der Waals surface area contributed by atoms with Crippen LogP contribution in [0, 0.1) is 0 Å². The summed E-state index contributed by atoms with van der Waals surface area (Å²) in [7, 11) is -3.35. The van der Waals surface area contributed by atoms with E-state index in [4.69, 9.17) is 9.94 Å². The average Bonchev–Trinajstić information content (AvgIpc) is 3.27. The van der Waals surface area contributed by atoms with Crippen molar-refractivity contribution in [2.24, 2.45) is 0 Å². The lowest BCUT2D eigenvalue weighted by atomic mass is 10.1. The van der Waals surface area contributed by atoms with Gasteiger partial charge in [-0.3, -0.25) is 10.0 Å². The van der Waals surface area contributed by atoms with Gasteiger partial charge in [0.2, 0.25) is 15.9 Å². The van der Waals surface area contributed by atoms with Crippen molar-refractivity contribution in [2.45, 2.75) is 24.7 Å². The Kier molecular flexibility index (Phi) is 8.84. The Bertz CT molecular complexity index is 1140. The SMILES string of the molecule is CCNS(=O)(=O)c1ccc(N2CCOCC2)cc1.O=C(CCc1c[nH]c2ccccc12)NO. The molecule has 0 aliphatic carbocycles. The van der Waals surface area contributed by atoms with Gasteiger partial charge < -0.3 is 14.6 Å². The molecule has 0 saturated carbocycles. The molecule has 2 aromatic carbocycles. The number of aryl methyl sites for hydroxylation is 1. The second kappa shape index (κ2) is 11.8. The van der Waals surface area contributed by atoms with Gasteiger partial charge in [0.15, 0.2) is 0 Å². The number of sulfonamides is 1. The van der Waals surface area contributed by atoms with Crippen LogP contribution in [0.1, 0.15) is 18.9 Å². The van der Waals surface area contributed by atoms with E-state index in [1.165, 1.54) is 0 Å². The van der Waals surface area contributed by atoms with Crippen LogP contribution in [0.2, 0.25) is 0 Å². The zero-order valence-corrected chi connectivity index (χ0v) is 19.4. The Morgan fingerprint density at radius 2 is 1.82 bits per heavy atom. The second-order valence-electron chi connectivity index (χ2n) is 7.49. The van der Waals surface area contributed by atoms with Gasteiger partial charge >= 0.3 is 0 Å². The highest BCUT2D eigenvalue weighted by Gasteiger charge is 2.15. The summed E-state index contributed by atoms with van der Waals surface area (Å²) in [6.07, 6.45) is 2.81. The smallest absolute Gasteiger partial charge is 0.243 e. The lowest BCUT2D eigenvalue weighted by molar-refractivity contribution is -0.129. The maximum Gasteiger partial charge on any atom is 0.243 e. The predicted molar refractivity (Wildman–Crippen MR) is 127 cm³/mol. The number of nitrogens with one attached hydrogen (secondary N) is 3. The van der Waals surface area contributed by atoms with Crippen LogP contribution >= 0.6 is 0 Å². The summed E-state index contributed by atoms with van der Waals surface area (Å²) in [5, 5.41) is 9.50. The average molecular weight is 475 g/mol. The van der Waals surface area contributed by atoms with Crippen molar-refractivity contribution < 1.29 is 23.2 Å². The highest BCUT2D eigenvalue weighted by Crippen LogP contribution is 2.19. The van der Waals surface area contributed by atoms with E-state index in [1.807, 2.05) is 42.6 Å². The van der Waals surface area contributed by atoms with E-state index in [1.54, 1.807) is 24.5 Å². The van der Waals surface area contributed by atoms with Crippen molar-refractivity contribution in [3.8, 4) is 0 Å². The van der Waals surface area contributed by atoms with Gasteiger partial charge in [0.1, 0.15) is 0 Å². The maximum atomic E-state index is 11.8. The van der Waals surface area contributed by atoms with Crippen molar-refractivity contribution in [1.29, 1.82) is 0 Å². The van der Waals surface area contributed by atoms with E-state index < -0.39 is 10.0 Å². The van der Waals surface area contributed by atoms with Gasteiger partial charge in [-0.15, -0.1) is 0 Å². The maximum absolute atomic E-state index is 11.8. The Balaban J connectivity index is 0.000000189. The number of rotatable bonds is 7. The fraction of sp³-hybridized carbons (Fsp3) is 0.348. The second-order valence-corrected chi connectivity index (χ2v) is 9.26. The lowest BCUT2D eigenvalue weighted by Gasteiger charge is -2.28. The van der Waals surface area contributed by atoms with Gasteiger partial charge in [-0.05, 0) is 42.3 Å². The number of H-pyrrole nitrogens is 1. The summed E-state index contributed by atoms with van der Waals surface area (Å²) in [5.41, 5.74) is 4.82. The Morgan fingerprint density at radius 3 is 2.48 bits per heavy atom. The molecule has 0 spiro atoms. The number of fused-ring (bicyclic) bond motifs is 1. The Labute approximate surface area is 193 Å². The van der Waals surface area contributed by atoms with E-state index in [0.717, 1.165) is 48.5 Å². The summed E-state index contributed by atoms with van der Waals surface area (Å²) in [6, 6.07) is 14.9. The first kappa shape index (κ1) is 24.7. The standard InChI is InChI=1S/C12H18N2O3S.C11H12N2O2/c1-2-13-18(15,16)12-5-3-11(4-6-12)14-7-9-17-10-8-14;14-11(13-15)6-5-8-7-12-10-4-2-1-3-9(8)10/h3-6,13H,2,7-10H2,1H3;1-4,7,12,15H,5-6H2,(H,13,14). The van der Waals surface area contributed by atoms with Crippen molar-refractivity contribution in [3.63, 3.8) is 0 Å². The number of aromatic nitrogens is 1. The van der Waals surface area contributed by atoms with Gasteiger partial charge in [-0.25, -0.2) is 18.6 Å². The molecule has 3 aromatic rings. The number of carbonyl (C=O) groups excluding carboxylic acids is 1. The van der Waals surface area contributed by atoms with E-state index in [-0.39, 0.29) is 5.91 Å². The number of aromatic amines is 1. The van der Waals surface area contributed by atoms with Crippen LogP contribution < -0.4 is 15.1 Å². The molecule has 0 atom stereocenters. The third kappa shape index (κ3) is 6.78. The highest BCUT2D eigenvalue weighted by atomic mass is 32.2. The first-order valence-electron chi connectivity index (χ1n) is 10.8. The summed E-state index contributed by atoms with van der Waals surface area (Å²) < 4.78 is 31.3. The minimum Gasteiger partial charge on any atom is -0.378 e. The topological polar surface area (TPSA) is 124 Å². The molecule has 4 N–H and O–H groups in total. The van der Waals surface area contributed by atoms with Crippen LogP contribution in [-0.4, -0.2) is 57.4 Å². The number of hydroxylamine groups is 1. The van der Waals surface area contributed by atoms with Crippen molar-refractivity contribution in [1.82, 2.24) is 15.2 Å². The zero-order valence-electron chi connectivity index (χ0n) is 18.6. The molecule has 10 heteroatoms. The van der Waals surface area contributed by atoms with Gasteiger partial charge in [-0.2, -0.15) is 0 Å². The molecule has 1 saturated heterocycles. The molecule has 1 amide bonds. The molecular weight excluding hydrogens is 444 g/mol. The predicted octanol–water partition coefficient (Wildman–Crippen LogP) is 2.43. The molecule has 1 aliphatic heterocycles. The molecule has 178 valence electrons. The molecule has 1 aromatic heterocycles. The Morgan fingerprint density at radius 1 is 1.12 bits per heavy atom. The Hall–Kier alpha value is -2.92. The molecule has 0 radical (unpaired) electrons. The number of carbonyl (C=O) groups is 1. The molecular formula is C23H30N4O5S.